The van der Waals surface area contributed by atoms with E-state index in [1.807, 2.05) is 30.3 Å². The number of aromatic hydroxyl groups is 1. The summed E-state index contributed by atoms with van der Waals surface area (Å²) in [5, 5.41) is 20.0. The number of phenols is 1. The van der Waals surface area contributed by atoms with Gasteiger partial charge in [-0.3, -0.25) is 4.79 Å². The molecule has 0 unspecified atom stereocenters. The summed E-state index contributed by atoms with van der Waals surface area (Å²) < 4.78 is 0. The van der Waals surface area contributed by atoms with Crippen LogP contribution in [0.5, 0.6) is 5.75 Å². The number of benzene rings is 2. The quantitative estimate of drug-likeness (QED) is 0.785. The Morgan fingerprint density at radius 3 is 1.95 bits per heavy atom. The highest BCUT2D eigenvalue weighted by Gasteiger charge is 2.05. The van der Waals surface area contributed by atoms with Crippen molar-refractivity contribution in [2.45, 2.75) is 6.92 Å². The fourth-order valence-corrected chi connectivity index (χ4v) is 1.38. The number of anilines is 1. The second-order valence-electron chi connectivity index (χ2n) is 3.87. The maximum atomic E-state index is 10.5. The molecule has 0 saturated carbocycles. The molecule has 0 aliphatic rings. The van der Waals surface area contributed by atoms with Crippen molar-refractivity contribution in [2.75, 3.05) is 5.32 Å². The molecule has 5 heteroatoms. The van der Waals surface area contributed by atoms with Gasteiger partial charge < -0.3 is 15.5 Å². The molecular formula is C15H15NO4. The molecule has 0 radical (unpaired) electrons. The molecule has 0 aliphatic carbocycles. The first kappa shape index (κ1) is 15.2. The predicted octanol–water partition coefficient (Wildman–Crippen LogP) is 2.74. The summed E-state index contributed by atoms with van der Waals surface area (Å²) in [6, 6.07) is 15.2. The van der Waals surface area contributed by atoms with Gasteiger partial charge in [0.2, 0.25) is 5.91 Å². The number of amides is 1. The summed E-state index contributed by atoms with van der Waals surface area (Å²) in [7, 11) is 0. The van der Waals surface area contributed by atoms with E-state index in [0.29, 0.717) is 0 Å². The van der Waals surface area contributed by atoms with Crippen molar-refractivity contribution in [3.8, 4) is 5.75 Å². The van der Waals surface area contributed by atoms with E-state index in [9.17, 15) is 9.59 Å². The van der Waals surface area contributed by atoms with Crippen LogP contribution in [-0.4, -0.2) is 22.1 Å². The number of carbonyl (C=O) groups excluding carboxylic acids is 1. The van der Waals surface area contributed by atoms with Crippen molar-refractivity contribution in [3.05, 3.63) is 60.2 Å². The minimum atomic E-state index is -1.11. The van der Waals surface area contributed by atoms with E-state index in [2.05, 4.69) is 5.32 Å². The number of nitrogens with one attached hydrogen (secondary N) is 1. The molecule has 0 fully saturated rings. The van der Waals surface area contributed by atoms with Crippen LogP contribution in [0.2, 0.25) is 0 Å². The summed E-state index contributed by atoms with van der Waals surface area (Å²) in [6.07, 6.45) is 0. The Morgan fingerprint density at radius 2 is 1.50 bits per heavy atom. The van der Waals surface area contributed by atoms with Gasteiger partial charge in [0, 0.05) is 12.6 Å². The van der Waals surface area contributed by atoms with E-state index in [0.717, 1.165) is 5.69 Å². The zero-order chi connectivity index (χ0) is 15.0. The molecule has 20 heavy (non-hydrogen) atoms. The van der Waals surface area contributed by atoms with Crippen LogP contribution in [0, 0.1) is 0 Å². The molecule has 0 heterocycles. The normalized spacial score (nSPS) is 9.05. The molecule has 0 aromatic heterocycles. The number of rotatable bonds is 2. The zero-order valence-corrected chi connectivity index (χ0v) is 10.9. The maximum absolute atomic E-state index is 10.5. The largest absolute Gasteiger partial charge is 0.507 e. The van der Waals surface area contributed by atoms with Gasteiger partial charge in [0.15, 0.2) is 0 Å². The lowest BCUT2D eigenvalue weighted by molar-refractivity contribution is -0.114. The SMILES string of the molecule is CC(=O)Nc1ccccc1.O=C(O)c1ccccc1O. The average Bonchev–Trinajstić information content (AvgIpc) is 2.40. The molecule has 104 valence electrons. The summed E-state index contributed by atoms with van der Waals surface area (Å²) in [5.41, 5.74) is 0.775. The van der Waals surface area contributed by atoms with Crippen molar-refractivity contribution in [3.63, 3.8) is 0 Å². The van der Waals surface area contributed by atoms with Gasteiger partial charge >= 0.3 is 5.97 Å². The zero-order valence-electron chi connectivity index (χ0n) is 10.9. The van der Waals surface area contributed by atoms with E-state index < -0.39 is 5.97 Å². The molecule has 2 rings (SSSR count). The van der Waals surface area contributed by atoms with Crippen LogP contribution in [0.4, 0.5) is 5.69 Å². The minimum absolute atomic E-state index is 0.0359. The topological polar surface area (TPSA) is 86.6 Å². The van der Waals surface area contributed by atoms with Crippen LogP contribution in [0.1, 0.15) is 17.3 Å². The smallest absolute Gasteiger partial charge is 0.339 e. The Hall–Kier alpha value is -2.82. The number of carboxylic acid groups (broad SMARTS) is 1. The van der Waals surface area contributed by atoms with Gasteiger partial charge in [0.1, 0.15) is 11.3 Å². The third-order valence-electron chi connectivity index (χ3n) is 2.23. The highest BCUT2D eigenvalue weighted by atomic mass is 16.4. The van der Waals surface area contributed by atoms with E-state index in [-0.39, 0.29) is 17.2 Å². The molecule has 0 atom stereocenters. The summed E-state index contributed by atoms with van der Waals surface area (Å²) in [4.78, 5) is 20.8. The summed E-state index contributed by atoms with van der Waals surface area (Å²) in [5.74, 6) is -1.35. The molecule has 0 spiro atoms. The standard InChI is InChI=1S/C8H9NO.C7H6O3/c1-7(10)9-8-5-3-2-4-6-8;8-6-4-2-1-3-5(6)7(9)10/h2-6H,1H3,(H,9,10);1-4,8H,(H,9,10). The van der Waals surface area contributed by atoms with Crippen molar-refractivity contribution in [2.24, 2.45) is 0 Å². The molecule has 0 aliphatic heterocycles. The predicted molar refractivity (Wildman–Crippen MR) is 75.8 cm³/mol. The van der Waals surface area contributed by atoms with Crippen LogP contribution in [0.25, 0.3) is 0 Å². The number of para-hydroxylation sites is 2. The summed E-state index contributed by atoms with van der Waals surface area (Å²) in [6.45, 7) is 1.49. The van der Waals surface area contributed by atoms with Gasteiger partial charge in [-0.1, -0.05) is 30.3 Å². The molecule has 0 saturated heterocycles. The van der Waals surface area contributed by atoms with Gasteiger partial charge in [-0.2, -0.15) is 0 Å². The highest BCUT2D eigenvalue weighted by Crippen LogP contribution is 2.14. The van der Waals surface area contributed by atoms with Gasteiger partial charge in [0.05, 0.1) is 0 Å². The Kier molecular flexibility index (Phi) is 5.77. The van der Waals surface area contributed by atoms with Crippen molar-refractivity contribution in [1.29, 1.82) is 0 Å². The minimum Gasteiger partial charge on any atom is -0.507 e. The first-order valence-electron chi connectivity index (χ1n) is 5.84. The highest BCUT2D eigenvalue weighted by molar-refractivity contribution is 5.90. The first-order valence-corrected chi connectivity index (χ1v) is 5.84. The Balaban J connectivity index is 0.000000200. The van der Waals surface area contributed by atoms with Crippen LogP contribution in [0.15, 0.2) is 54.6 Å². The average molecular weight is 273 g/mol. The number of aromatic carboxylic acids is 1. The molecule has 0 bridgehead atoms. The Bertz CT molecular complexity index is 581. The van der Waals surface area contributed by atoms with Crippen LogP contribution < -0.4 is 5.32 Å². The number of hydrogen-bond acceptors (Lipinski definition) is 3. The lowest BCUT2D eigenvalue weighted by Gasteiger charge is -1.98. The molecular weight excluding hydrogens is 258 g/mol. The third-order valence-corrected chi connectivity index (χ3v) is 2.23. The van der Waals surface area contributed by atoms with Crippen molar-refractivity contribution in [1.82, 2.24) is 0 Å². The van der Waals surface area contributed by atoms with E-state index >= 15 is 0 Å². The molecule has 2 aromatic rings. The van der Waals surface area contributed by atoms with E-state index in [1.165, 1.54) is 19.1 Å². The third kappa shape index (κ3) is 5.22. The fourth-order valence-electron chi connectivity index (χ4n) is 1.38. The van der Waals surface area contributed by atoms with Crippen LogP contribution in [-0.2, 0) is 4.79 Å². The van der Waals surface area contributed by atoms with Gasteiger partial charge in [0.25, 0.3) is 0 Å². The number of carboxylic acids is 1. The molecule has 1 amide bonds. The van der Waals surface area contributed by atoms with E-state index in [4.69, 9.17) is 10.2 Å². The van der Waals surface area contributed by atoms with Gasteiger partial charge in [-0.15, -0.1) is 0 Å². The second kappa shape index (κ2) is 7.58. The number of hydrogen-bond donors (Lipinski definition) is 3. The fraction of sp³-hybridized carbons (Fsp3) is 0.0667. The molecule has 2 aromatic carbocycles. The molecule has 3 N–H and O–H groups in total. The van der Waals surface area contributed by atoms with E-state index in [1.54, 1.807) is 12.1 Å². The van der Waals surface area contributed by atoms with Gasteiger partial charge in [-0.05, 0) is 24.3 Å². The number of carbonyl (C=O) groups is 2. The van der Waals surface area contributed by atoms with Crippen LogP contribution in [0.3, 0.4) is 0 Å². The second-order valence-corrected chi connectivity index (χ2v) is 3.87. The maximum Gasteiger partial charge on any atom is 0.339 e. The van der Waals surface area contributed by atoms with Crippen LogP contribution >= 0.6 is 0 Å². The monoisotopic (exact) mass is 273 g/mol. The lowest BCUT2D eigenvalue weighted by atomic mass is 10.2. The Labute approximate surface area is 116 Å². The van der Waals surface area contributed by atoms with Gasteiger partial charge in [-0.25, -0.2) is 4.79 Å². The summed E-state index contributed by atoms with van der Waals surface area (Å²) >= 11 is 0. The Morgan fingerprint density at radius 1 is 0.950 bits per heavy atom. The first-order chi connectivity index (χ1) is 9.50. The van der Waals surface area contributed by atoms with Crippen molar-refractivity contribution >= 4 is 17.6 Å². The van der Waals surface area contributed by atoms with Crippen molar-refractivity contribution < 1.29 is 19.8 Å². The lowest BCUT2D eigenvalue weighted by Crippen LogP contribution is -2.04. The molecule has 5 nitrogen and oxygen atoms in total.